The molecule has 0 fully saturated rings. The molecule has 0 heterocycles. The fraction of sp³-hybridized carbons (Fsp3) is 0.263. The van der Waals surface area contributed by atoms with Gasteiger partial charge in [0.2, 0.25) is 10.0 Å². The minimum Gasteiger partial charge on any atom is -0.478 e. The van der Waals surface area contributed by atoms with E-state index in [4.69, 9.17) is 0 Å². The zero-order chi connectivity index (χ0) is 20.2. The van der Waals surface area contributed by atoms with Crippen molar-refractivity contribution in [2.75, 3.05) is 17.6 Å². The van der Waals surface area contributed by atoms with Crippen LogP contribution in [-0.4, -0.2) is 38.7 Å². The van der Waals surface area contributed by atoms with Crippen LogP contribution in [-0.2, 0) is 10.0 Å². The number of nitrogens with one attached hydrogen (secondary N) is 1. The molecule has 1 unspecified atom stereocenters. The van der Waals surface area contributed by atoms with E-state index in [2.05, 4.69) is 5.32 Å². The Morgan fingerprint density at radius 3 is 2.22 bits per heavy atom. The van der Waals surface area contributed by atoms with Crippen molar-refractivity contribution in [2.24, 2.45) is 0 Å². The van der Waals surface area contributed by atoms with E-state index in [0.29, 0.717) is 6.42 Å². The van der Waals surface area contributed by atoms with Crippen molar-refractivity contribution in [2.45, 2.75) is 19.4 Å². The molecule has 0 aromatic heterocycles. The number of nitrogens with zero attached hydrogens (tertiary/aromatic N) is 1. The molecule has 27 heavy (non-hydrogen) atoms. The molecule has 1 amide bonds. The van der Waals surface area contributed by atoms with Gasteiger partial charge in [-0.25, -0.2) is 13.2 Å². The molecule has 2 aromatic rings. The Kier molecular flexibility index (Phi) is 6.22. The van der Waals surface area contributed by atoms with Gasteiger partial charge in [0.1, 0.15) is 0 Å². The number of hydrogen-bond donors (Lipinski definition) is 2. The summed E-state index contributed by atoms with van der Waals surface area (Å²) in [7, 11) is -2.30. The first-order chi connectivity index (χ1) is 12.6. The second-order valence-corrected chi connectivity index (χ2v) is 8.16. The molecule has 0 saturated heterocycles. The smallest absolute Gasteiger partial charge is 0.335 e. The highest BCUT2D eigenvalue weighted by atomic mass is 32.2. The van der Waals surface area contributed by atoms with Gasteiger partial charge in [0.05, 0.1) is 23.5 Å². The number of anilines is 1. The summed E-state index contributed by atoms with van der Waals surface area (Å²) in [5, 5.41) is 12.2. The van der Waals surface area contributed by atoms with E-state index < -0.39 is 21.9 Å². The van der Waals surface area contributed by atoms with Gasteiger partial charge in [-0.15, -0.1) is 0 Å². The Labute approximate surface area is 158 Å². The highest BCUT2D eigenvalue weighted by Gasteiger charge is 2.20. The minimum absolute atomic E-state index is 0.0785. The number of sulfonamides is 1. The highest BCUT2D eigenvalue weighted by molar-refractivity contribution is 7.92. The topological polar surface area (TPSA) is 104 Å². The predicted molar refractivity (Wildman–Crippen MR) is 104 cm³/mol. The first kappa shape index (κ1) is 20.4. The van der Waals surface area contributed by atoms with Gasteiger partial charge in [-0.3, -0.25) is 9.10 Å². The van der Waals surface area contributed by atoms with Crippen molar-refractivity contribution in [1.29, 1.82) is 0 Å². The van der Waals surface area contributed by atoms with Crippen molar-refractivity contribution < 1.29 is 23.1 Å². The fourth-order valence-electron chi connectivity index (χ4n) is 2.59. The molecule has 2 N–H and O–H groups in total. The number of hydrogen-bond acceptors (Lipinski definition) is 4. The van der Waals surface area contributed by atoms with Gasteiger partial charge in [0.15, 0.2) is 0 Å². The molecule has 0 aliphatic heterocycles. The van der Waals surface area contributed by atoms with Gasteiger partial charge in [-0.1, -0.05) is 37.3 Å². The van der Waals surface area contributed by atoms with Crippen LogP contribution in [0, 0.1) is 0 Å². The van der Waals surface area contributed by atoms with Crippen LogP contribution in [0.15, 0.2) is 48.5 Å². The zero-order valence-electron chi connectivity index (χ0n) is 15.3. The number of amides is 1. The number of rotatable bonds is 7. The number of carboxylic acids is 1. The quantitative estimate of drug-likeness (QED) is 0.756. The summed E-state index contributed by atoms with van der Waals surface area (Å²) in [6, 6.07) is 13.0. The molecule has 144 valence electrons. The Morgan fingerprint density at radius 2 is 1.70 bits per heavy atom. The normalized spacial score (nSPS) is 12.3. The predicted octanol–water partition coefficient (Wildman–Crippen LogP) is 2.66. The molecular weight excluding hydrogens is 368 g/mol. The third kappa shape index (κ3) is 5.07. The maximum atomic E-state index is 12.7. The average Bonchev–Trinajstić information content (AvgIpc) is 2.64. The van der Waals surface area contributed by atoms with Crippen molar-refractivity contribution in [1.82, 2.24) is 5.32 Å². The summed E-state index contributed by atoms with van der Waals surface area (Å²) >= 11 is 0. The first-order valence-corrected chi connectivity index (χ1v) is 10.2. The maximum absolute atomic E-state index is 12.7. The first-order valence-electron chi connectivity index (χ1n) is 8.31. The summed E-state index contributed by atoms with van der Waals surface area (Å²) in [6.45, 7) is 1.93. The van der Waals surface area contributed by atoms with E-state index in [9.17, 15) is 23.1 Å². The molecule has 0 saturated carbocycles. The molecule has 0 bridgehead atoms. The lowest BCUT2D eigenvalue weighted by Gasteiger charge is -2.20. The number of carbonyl (C=O) groups excluding carboxylic acids is 1. The van der Waals surface area contributed by atoms with Gasteiger partial charge in [-0.05, 0) is 30.2 Å². The second-order valence-electron chi connectivity index (χ2n) is 6.15. The van der Waals surface area contributed by atoms with E-state index in [1.165, 1.54) is 25.2 Å². The van der Waals surface area contributed by atoms with Crippen LogP contribution >= 0.6 is 0 Å². The fourth-order valence-corrected chi connectivity index (χ4v) is 3.08. The summed E-state index contributed by atoms with van der Waals surface area (Å²) in [6.07, 6.45) is 1.65. The molecule has 0 aliphatic carbocycles. The van der Waals surface area contributed by atoms with E-state index in [1.807, 2.05) is 37.3 Å². The second kappa shape index (κ2) is 8.22. The van der Waals surface area contributed by atoms with Crippen molar-refractivity contribution >= 4 is 27.6 Å². The van der Waals surface area contributed by atoms with Crippen LogP contribution < -0.4 is 9.62 Å². The van der Waals surface area contributed by atoms with Crippen molar-refractivity contribution in [3.8, 4) is 0 Å². The molecular formula is C19H22N2O5S. The lowest BCUT2D eigenvalue weighted by atomic mass is 10.0. The summed E-state index contributed by atoms with van der Waals surface area (Å²) in [5.74, 6) is -1.72. The lowest BCUT2D eigenvalue weighted by Crippen LogP contribution is -2.29. The van der Waals surface area contributed by atoms with Gasteiger partial charge >= 0.3 is 5.97 Å². The SMILES string of the molecule is CCC(NC(=O)c1cc(C(=O)O)cc(N(C)S(C)(=O)=O)c1)c1ccccc1. The van der Waals surface area contributed by atoms with Crippen LogP contribution in [0.3, 0.4) is 0 Å². The van der Waals surface area contributed by atoms with E-state index in [1.54, 1.807) is 0 Å². The van der Waals surface area contributed by atoms with Crippen LogP contribution in [0.4, 0.5) is 5.69 Å². The lowest BCUT2D eigenvalue weighted by molar-refractivity contribution is 0.0697. The largest absolute Gasteiger partial charge is 0.478 e. The number of carbonyl (C=O) groups is 2. The number of benzene rings is 2. The van der Waals surface area contributed by atoms with Crippen LogP contribution in [0.25, 0.3) is 0 Å². The van der Waals surface area contributed by atoms with Gasteiger partial charge in [0, 0.05) is 12.6 Å². The minimum atomic E-state index is -3.60. The Hall–Kier alpha value is -2.87. The van der Waals surface area contributed by atoms with Crippen molar-refractivity contribution in [3.63, 3.8) is 0 Å². The molecule has 0 radical (unpaired) electrons. The van der Waals surface area contributed by atoms with Gasteiger partial charge < -0.3 is 10.4 Å². The molecule has 0 aliphatic rings. The van der Waals surface area contributed by atoms with Gasteiger partial charge in [0.25, 0.3) is 5.91 Å². The Bertz CT molecular complexity index is 942. The molecule has 0 spiro atoms. The third-order valence-corrected chi connectivity index (χ3v) is 5.41. The molecule has 7 nitrogen and oxygen atoms in total. The van der Waals surface area contributed by atoms with Crippen molar-refractivity contribution in [3.05, 3.63) is 65.2 Å². The third-order valence-electron chi connectivity index (χ3n) is 4.20. The van der Waals surface area contributed by atoms with Gasteiger partial charge in [-0.2, -0.15) is 0 Å². The Balaban J connectivity index is 2.39. The summed E-state index contributed by atoms with van der Waals surface area (Å²) in [4.78, 5) is 24.1. The molecule has 8 heteroatoms. The van der Waals surface area contributed by atoms with Crippen LogP contribution in [0.1, 0.15) is 45.7 Å². The molecule has 2 rings (SSSR count). The number of carboxylic acid groups (broad SMARTS) is 1. The average molecular weight is 390 g/mol. The summed E-state index contributed by atoms with van der Waals surface area (Å²) < 4.78 is 24.5. The van der Waals surface area contributed by atoms with E-state index >= 15 is 0 Å². The summed E-state index contributed by atoms with van der Waals surface area (Å²) in [5.41, 5.74) is 0.946. The molecule has 1 atom stereocenters. The van der Waals surface area contributed by atoms with E-state index in [-0.39, 0.29) is 22.9 Å². The van der Waals surface area contributed by atoms with Crippen LogP contribution in [0.5, 0.6) is 0 Å². The maximum Gasteiger partial charge on any atom is 0.335 e. The highest BCUT2D eigenvalue weighted by Crippen LogP contribution is 2.22. The van der Waals surface area contributed by atoms with Crippen LogP contribution in [0.2, 0.25) is 0 Å². The zero-order valence-corrected chi connectivity index (χ0v) is 16.2. The standard InChI is InChI=1S/C19H22N2O5S/c1-4-17(13-8-6-5-7-9-13)20-18(22)14-10-15(19(23)24)12-16(11-14)21(2)27(3,25)26/h5-12,17H,4H2,1-3H3,(H,20,22)(H,23,24). The Morgan fingerprint density at radius 1 is 1.11 bits per heavy atom. The monoisotopic (exact) mass is 390 g/mol. The van der Waals surface area contributed by atoms with E-state index in [0.717, 1.165) is 16.1 Å². The molecule has 2 aromatic carbocycles. The number of aromatic carboxylic acids is 1.